The average molecular weight is 231 g/mol. The molecule has 0 aliphatic heterocycles. The molecule has 0 spiro atoms. The molecule has 0 aromatic carbocycles. The van der Waals surface area contributed by atoms with Crippen molar-refractivity contribution in [1.82, 2.24) is 5.32 Å². The van der Waals surface area contributed by atoms with Crippen LogP contribution in [0.1, 0.15) is 39.0 Å². The molecule has 0 rings (SSSR count). The molecule has 94 valence electrons. The van der Waals surface area contributed by atoms with Crippen LogP contribution >= 0.6 is 0 Å². The molecule has 0 heterocycles. The monoisotopic (exact) mass is 231 g/mol. The van der Waals surface area contributed by atoms with Crippen LogP contribution in [0.2, 0.25) is 0 Å². The molecule has 0 fully saturated rings. The van der Waals surface area contributed by atoms with Crippen molar-refractivity contribution in [2.24, 2.45) is 0 Å². The maximum absolute atomic E-state index is 11.2. The molecule has 5 heteroatoms. The number of nitrogens with one attached hydrogen (secondary N) is 1. The second-order valence-electron chi connectivity index (χ2n) is 3.44. The molecular weight excluding hydrogens is 210 g/mol. The molecule has 16 heavy (non-hydrogen) atoms. The molecule has 0 bridgehead atoms. The van der Waals surface area contributed by atoms with Crippen LogP contribution in [0.15, 0.2) is 0 Å². The summed E-state index contributed by atoms with van der Waals surface area (Å²) in [6, 6.07) is 0. The van der Waals surface area contributed by atoms with Crippen molar-refractivity contribution in [2.75, 3.05) is 19.8 Å². The third-order valence-electron chi connectivity index (χ3n) is 2.02. The van der Waals surface area contributed by atoms with Crippen molar-refractivity contribution >= 4 is 11.9 Å². The summed E-state index contributed by atoms with van der Waals surface area (Å²) < 4.78 is 4.70. The maximum atomic E-state index is 11.2. The topological polar surface area (TPSA) is 75.6 Å². The Balaban J connectivity index is 3.34. The minimum Gasteiger partial charge on any atom is -0.466 e. The normalized spacial score (nSPS) is 9.88. The quantitative estimate of drug-likeness (QED) is 0.450. The minimum atomic E-state index is -0.335. The van der Waals surface area contributed by atoms with E-state index in [-0.39, 0.29) is 31.3 Å². The zero-order valence-electron chi connectivity index (χ0n) is 9.83. The van der Waals surface area contributed by atoms with E-state index in [0.29, 0.717) is 13.2 Å². The number of hydrogen-bond donors (Lipinski definition) is 2. The van der Waals surface area contributed by atoms with Crippen LogP contribution in [0, 0.1) is 0 Å². The highest BCUT2D eigenvalue weighted by Gasteiger charge is 2.06. The fraction of sp³-hybridized carbons (Fsp3) is 0.818. The van der Waals surface area contributed by atoms with Crippen LogP contribution in [0.5, 0.6) is 0 Å². The van der Waals surface area contributed by atoms with Crippen LogP contribution in [0.25, 0.3) is 0 Å². The first-order chi connectivity index (χ1) is 7.70. The van der Waals surface area contributed by atoms with E-state index in [2.05, 4.69) is 5.32 Å². The molecule has 1 amide bonds. The van der Waals surface area contributed by atoms with E-state index in [9.17, 15) is 9.59 Å². The molecule has 0 aromatic heterocycles. The lowest BCUT2D eigenvalue weighted by Gasteiger charge is -2.04. The standard InChI is InChI=1S/C11H21NO4/c1-2-16-11(15)7-6-10(14)12-8-4-3-5-9-13/h13H,2-9H2,1H3,(H,12,14). The van der Waals surface area contributed by atoms with Crippen LogP contribution in [-0.2, 0) is 14.3 Å². The molecule has 0 saturated carbocycles. The first-order valence-corrected chi connectivity index (χ1v) is 5.74. The average Bonchev–Trinajstić information content (AvgIpc) is 2.26. The van der Waals surface area contributed by atoms with Crippen LogP contribution < -0.4 is 5.32 Å². The van der Waals surface area contributed by atoms with Gasteiger partial charge in [-0.15, -0.1) is 0 Å². The lowest BCUT2D eigenvalue weighted by molar-refractivity contribution is -0.144. The summed E-state index contributed by atoms with van der Waals surface area (Å²) in [7, 11) is 0. The number of aliphatic hydroxyl groups is 1. The molecule has 0 unspecified atom stereocenters. The smallest absolute Gasteiger partial charge is 0.306 e. The summed E-state index contributed by atoms with van der Waals surface area (Å²) >= 11 is 0. The molecule has 0 aromatic rings. The van der Waals surface area contributed by atoms with Crippen molar-refractivity contribution in [2.45, 2.75) is 39.0 Å². The number of amides is 1. The second kappa shape index (κ2) is 10.4. The molecule has 2 N–H and O–H groups in total. The van der Waals surface area contributed by atoms with Gasteiger partial charge in [-0.3, -0.25) is 9.59 Å². The Labute approximate surface area is 96.2 Å². The summed E-state index contributed by atoms with van der Waals surface area (Å²) in [5.74, 6) is -0.463. The summed E-state index contributed by atoms with van der Waals surface area (Å²) in [5, 5.41) is 11.2. The molecule has 0 saturated heterocycles. The Kier molecular flexibility index (Phi) is 9.70. The van der Waals surface area contributed by atoms with Gasteiger partial charge in [0.1, 0.15) is 0 Å². The molecule has 5 nitrogen and oxygen atoms in total. The Bertz CT molecular complexity index is 206. The van der Waals surface area contributed by atoms with E-state index < -0.39 is 0 Å². The zero-order chi connectivity index (χ0) is 12.2. The SMILES string of the molecule is CCOC(=O)CCC(=O)NCCCCCO. The number of ether oxygens (including phenoxy) is 1. The fourth-order valence-electron chi connectivity index (χ4n) is 1.18. The van der Waals surface area contributed by atoms with Gasteiger partial charge >= 0.3 is 5.97 Å². The summed E-state index contributed by atoms with van der Waals surface area (Å²) in [5.41, 5.74) is 0. The van der Waals surface area contributed by atoms with Crippen molar-refractivity contribution in [3.8, 4) is 0 Å². The second-order valence-corrected chi connectivity index (χ2v) is 3.44. The van der Waals surface area contributed by atoms with E-state index in [0.717, 1.165) is 19.3 Å². The molecular formula is C11H21NO4. The predicted octanol–water partition coefficient (Wildman–Crippen LogP) is 0.608. The first kappa shape index (κ1) is 14.9. The van der Waals surface area contributed by atoms with Gasteiger partial charge in [0.05, 0.1) is 13.0 Å². The maximum Gasteiger partial charge on any atom is 0.306 e. The van der Waals surface area contributed by atoms with Crippen molar-refractivity contribution in [3.63, 3.8) is 0 Å². The Morgan fingerprint density at radius 1 is 1.19 bits per heavy atom. The van der Waals surface area contributed by atoms with E-state index in [4.69, 9.17) is 9.84 Å². The summed E-state index contributed by atoms with van der Waals surface area (Å²) in [6.07, 6.45) is 2.83. The lowest BCUT2D eigenvalue weighted by Crippen LogP contribution is -2.25. The van der Waals surface area contributed by atoms with E-state index >= 15 is 0 Å². The van der Waals surface area contributed by atoms with Crippen LogP contribution in [0.4, 0.5) is 0 Å². The number of esters is 1. The Morgan fingerprint density at radius 3 is 2.56 bits per heavy atom. The van der Waals surface area contributed by atoms with E-state index in [1.54, 1.807) is 6.92 Å². The highest BCUT2D eigenvalue weighted by Crippen LogP contribution is 1.95. The van der Waals surface area contributed by atoms with Crippen LogP contribution in [0.3, 0.4) is 0 Å². The van der Waals surface area contributed by atoms with Crippen molar-refractivity contribution in [3.05, 3.63) is 0 Å². The van der Waals surface area contributed by atoms with Crippen LogP contribution in [-0.4, -0.2) is 36.7 Å². The number of hydrogen-bond acceptors (Lipinski definition) is 4. The lowest BCUT2D eigenvalue weighted by atomic mass is 10.2. The van der Waals surface area contributed by atoms with Gasteiger partial charge < -0.3 is 15.2 Å². The van der Waals surface area contributed by atoms with Gasteiger partial charge in [-0.25, -0.2) is 0 Å². The van der Waals surface area contributed by atoms with E-state index in [1.165, 1.54) is 0 Å². The Hall–Kier alpha value is -1.10. The third kappa shape index (κ3) is 9.45. The fourth-order valence-corrected chi connectivity index (χ4v) is 1.18. The van der Waals surface area contributed by atoms with Crippen molar-refractivity contribution < 1.29 is 19.4 Å². The van der Waals surface area contributed by atoms with Gasteiger partial charge in [0, 0.05) is 19.6 Å². The number of rotatable bonds is 9. The number of carbonyl (C=O) groups excluding carboxylic acids is 2. The first-order valence-electron chi connectivity index (χ1n) is 5.74. The van der Waals surface area contributed by atoms with E-state index in [1.807, 2.05) is 0 Å². The highest BCUT2D eigenvalue weighted by atomic mass is 16.5. The van der Waals surface area contributed by atoms with Gasteiger partial charge in [-0.2, -0.15) is 0 Å². The minimum absolute atomic E-state index is 0.128. The number of aliphatic hydroxyl groups excluding tert-OH is 1. The summed E-state index contributed by atoms with van der Waals surface area (Å²) in [4.78, 5) is 22.1. The number of carbonyl (C=O) groups is 2. The Morgan fingerprint density at radius 2 is 1.94 bits per heavy atom. The number of unbranched alkanes of at least 4 members (excludes halogenated alkanes) is 2. The van der Waals surface area contributed by atoms with Gasteiger partial charge in [0.2, 0.25) is 5.91 Å². The highest BCUT2D eigenvalue weighted by molar-refractivity contribution is 5.81. The van der Waals surface area contributed by atoms with Gasteiger partial charge in [-0.1, -0.05) is 0 Å². The van der Waals surface area contributed by atoms with Gasteiger partial charge in [0.15, 0.2) is 0 Å². The molecule has 0 aliphatic carbocycles. The van der Waals surface area contributed by atoms with Gasteiger partial charge in [-0.05, 0) is 26.2 Å². The predicted molar refractivity (Wildman–Crippen MR) is 59.8 cm³/mol. The molecule has 0 radical (unpaired) electrons. The zero-order valence-corrected chi connectivity index (χ0v) is 9.83. The molecule has 0 atom stereocenters. The summed E-state index contributed by atoms with van der Waals surface area (Å²) in [6.45, 7) is 2.87. The van der Waals surface area contributed by atoms with Gasteiger partial charge in [0.25, 0.3) is 0 Å². The molecule has 0 aliphatic rings. The largest absolute Gasteiger partial charge is 0.466 e. The van der Waals surface area contributed by atoms with Crippen molar-refractivity contribution in [1.29, 1.82) is 0 Å². The third-order valence-corrected chi connectivity index (χ3v) is 2.02.